The van der Waals surface area contributed by atoms with Crippen LogP contribution in [0.15, 0.2) is 23.8 Å². The van der Waals surface area contributed by atoms with Crippen LogP contribution in [0, 0.1) is 22.7 Å². The van der Waals surface area contributed by atoms with Gasteiger partial charge in [0.25, 0.3) is 0 Å². The van der Waals surface area contributed by atoms with E-state index in [1.54, 1.807) is 13.0 Å². The van der Waals surface area contributed by atoms with E-state index in [0.717, 1.165) is 37.7 Å². The van der Waals surface area contributed by atoms with E-state index in [4.69, 9.17) is 4.74 Å². The van der Waals surface area contributed by atoms with Gasteiger partial charge in [0.05, 0.1) is 0 Å². The standard InChI is InChI=1S/C23H32O5/c1-5-6-7-8-9-10-18(25)28-20-19-15(13-22(20,3)21(26)27)11-16-12-17(24)14(2)23(16,19)4/h12,15,19-20H,2,5-11,13H2,1,3-4H3,(H,26,27)/t15-,19-,20+,22+,23+/m0/s1. The normalized spacial score (nSPS) is 36.2. The van der Waals surface area contributed by atoms with Gasteiger partial charge in [0.2, 0.25) is 0 Å². The Balaban J connectivity index is 1.79. The van der Waals surface area contributed by atoms with Crippen molar-refractivity contribution in [2.75, 3.05) is 0 Å². The number of carboxylic acids is 1. The third-order valence-corrected chi connectivity index (χ3v) is 7.43. The van der Waals surface area contributed by atoms with Crippen molar-refractivity contribution < 1.29 is 24.2 Å². The molecular weight excluding hydrogens is 356 g/mol. The average Bonchev–Trinajstić information content (AvgIpc) is 3.14. The number of allylic oxidation sites excluding steroid dienone is 3. The predicted octanol–water partition coefficient (Wildman–Crippen LogP) is 4.46. The molecule has 0 unspecified atom stereocenters. The smallest absolute Gasteiger partial charge is 0.313 e. The second-order valence-corrected chi connectivity index (χ2v) is 9.21. The van der Waals surface area contributed by atoms with E-state index < -0.39 is 22.9 Å². The van der Waals surface area contributed by atoms with Gasteiger partial charge in [-0.15, -0.1) is 0 Å². The van der Waals surface area contributed by atoms with E-state index in [9.17, 15) is 19.5 Å². The molecule has 0 bridgehead atoms. The van der Waals surface area contributed by atoms with E-state index in [-0.39, 0.29) is 23.6 Å². The summed E-state index contributed by atoms with van der Waals surface area (Å²) in [7, 11) is 0. The Kier molecular flexibility index (Phi) is 5.57. The number of fused-ring (bicyclic) bond motifs is 3. The SMILES string of the molecule is C=C1C(=O)C=C2C[C@H]3C[C@@](C)(C(=O)O)[C@H](OC(=O)CCCCCCC)[C@H]3[C@]12C. The summed E-state index contributed by atoms with van der Waals surface area (Å²) in [6, 6.07) is 0. The number of esters is 1. The Morgan fingerprint density at radius 3 is 2.57 bits per heavy atom. The number of carbonyl (C=O) groups excluding carboxylic acids is 2. The molecule has 3 aliphatic rings. The minimum Gasteiger partial charge on any atom is -0.481 e. The quantitative estimate of drug-likeness (QED) is 0.377. The van der Waals surface area contributed by atoms with E-state index in [1.165, 1.54) is 0 Å². The fourth-order valence-corrected chi connectivity index (χ4v) is 5.70. The Morgan fingerprint density at radius 1 is 1.25 bits per heavy atom. The number of carbonyl (C=O) groups is 3. The molecule has 0 aromatic rings. The van der Waals surface area contributed by atoms with E-state index >= 15 is 0 Å². The Labute approximate surface area is 167 Å². The molecule has 1 N–H and O–H groups in total. The topological polar surface area (TPSA) is 80.7 Å². The van der Waals surface area contributed by atoms with Crippen LogP contribution in [0.2, 0.25) is 0 Å². The van der Waals surface area contributed by atoms with Gasteiger partial charge in [0, 0.05) is 23.3 Å². The Morgan fingerprint density at radius 2 is 1.93 bits per heavy atom. The number of carboxylic acid groups (broad SMARTS) is 1. The molecule has 2 saturated carbocycles. The molecular formula is C23H32O5. The van der Waals surface area contributed by atoms with Gasteiger partial charge in [-0.1, -0.05) is 51.7 Å². The van der Waals surface area contributed by atoms with Crippen molar-refractivity contribution >= 4 is 17.7 Å². The summed E-state index contributed by atoms with van der Waals surface area (Å²) in [5, 5.41) is 9.93. The summed E-state index contributed by atoms with van der Waals surface area (Å²) in [6.45, 7) is 9.80. The lowest BCUT2D eigenvalue weighted by atomic mass is 9.69. The molecule has 3 rings (SSSR count). The highest BCUT2D eigenvalue weighted by atomic mass is 16.5. The van der Waals surface area contributed by atoms with Crippen LogP contribution >= 0.6 is 0 Å². The molecule has 154 valence electrons. The average molecular weight is 389 g/mol. The number of ether oxygens (including phenoxy) is 1. The highest BCUT2D eigenvalue weighted by molar-refractivity contribution is 6.09. The van der Waals surface area contributed by atoms with Gasteiger partial charge in [-0.05, 0) is 38.2 Å². The van der Waals surface area contributed by atoms with Crippen LogP contribution in [-0.4, -0.2) is 28.9 Å². The molecule has 0 radical (unpaired) electrons. The summed E-state index contributed by atoms with van der Waals surface area (Å²) in [5.74, 6) is -1.47. The summed E-state index contributed by atoms with van der Waals surface area (Å²) >= 11 is 0. The zero-order chi connectivity index (χ0) is 20.7. The molecule has 0 aromatic carbocycles. The second-order valence-electron chi connectivity index (χ2n) is 9.21. The Bertz CT molecular complexity index is 735. The number of hydrogen-bond acceptors (Lipinski definition) is 4. The largest absolute Gasteiger partial charge is 0.481 e. The molecule has 2 fully saturated rings. The van der Waals surface area contributed by atoms with Gasteiger partial charge in [0.15, 0.2) is 5.78 Å². The molecule has 0 aromatic heterocycles. The predicted molar refractivity (Wildman–Crippen MR) is 106 cm³/mol. The lowest BCUT2D eigenvalue weighted by molar-refractivity contribution is -0.169. The highest BCUT2D eigenvalue weighted by Crippen LogP contribution is 2.67. The molecule has 0 spiro atoms. The zero-order valence-corrected chi connectivity index (χ0v) is 17.3. The van der Waals surface area contributed by atoms with Crippen LogP contribution in [0.3, 0.4) is 0 Å². The molecule has 5 heteroatoms. The maximum absolute atomic E-state index is 12.6. The van der Waals surface area contributed by atoms with Crippen LogP contribution in [0.4, 0.5) is 0 Å². The van der Waals surface area contributed by atoms with Gasteiger partial charge in [-0.3, -0.25) is 14.4 Å². The van der Waals surface area contributed by atoms with Crippen molar-refractivity contribution in [2.24, 2.45) is 22.7 Å². The fourth-order valence-electron chi connectivity index (χ4n) is 5.70. The minimum absolute atomic E-state index is 0.0825. The van der Waals surface area contributed by atoms with Crippen LogP contribution in [0.25, 0.3) is 0 Å². The van der Waals surface area contributed by atoms with Crippen molar-refractivity contribution in [3.8, 4) is 0 Å². The summed E-state index contributed by atoms with van der Waals surface area (Å²) in [5.41, 5.74) is -0.204. The first-order chi connectivity index (χ1) is 13.2. The highest BCUT2D eigenvalue weighted by Gasteiger charge is 2.68. The molecule has 0 aliphatic heterocycles. The summed E-state index contributed by atoms with van der Waals surface area (Å²) in [6.07, 6.45) is 7.50. The maximum Gasteiger partial charge on any atom is 0.313 e. The fraction of sp³-hybridized carbons (Fsp3) is 0.696. The van der Waals surface area contributed by atoms with Crippen LogP contribution in [-0.2, 0) is 19.1 Å². The lowest BCUT2D eigenvalue weighted by Gasteiger charge is -2.38. The molecule has 28 heavy (non-hydrogen) atoms. The lowest BCUT2D eigenvalue weighted by Crippen LogP contribution is -2.45. The Hall–Kier alpha value is -1.91. The third kappa shape index (κ3) is 3.13. The number of hydrogen-bond donors (Lipinski definition) is 1. The van der Waals surface area contributed by atoms with Crippen molar-refractivity contribution in [1.29, 1.82) is 0 Å². The molecule has 0 saturated heterocycles. The first kappa shape index (κ1) is 20.8. The molecule has 5 atom stereocenters. The monoisotopic (exact) mass is 388 g/mol. The van der Waals surface area contributed by atoms with Crippen LogP contribution < -0.4 is 0 Å². The van der Waals surface area contributed by atoms with E-state index in [0.29, 0.717) is 24.8 Å². The van der Waals surface area contributed by atoms with Gasteiger partial charge < -0.3 is 9.84 Å². The van der Waals surface area contributed by atoms with Crippen molar-refractivity contribution in [3.63, 3.8) is 0 Å². The van der Waals surface area contributed by atoms with Gasteiger partial charge in [-0.25, -0.2) is 0 Å². The molecule has 0 heterocycles. The van der Waals surface area contributed by atoms with Gasteiger partial charge >= 0.3 is 11.9 Å². The van der Waals surface area contributed by atoms with Gasteiger partial charge in [-0.2, -0.15) is 0 Å². The molecule has 5 nitrogen and oxygen atoms in total. The minimum atomic E-state index is -1.13. The molecule has 0 amide bonds. The number of rotatable bonds is 8. The number of ketones is 1. The van der Waals surface area contributed by atoms with E-state index in [2.05, 4.69) is 13.5 Å². The van der Waals surface area contributed by atoms with Crippen molar-refractivity contribution in [1.82, 2.24) is 0 Å². The van der Waals surface area contributed by atoms with Crippen molar-refractivity contribution in [2.45, 2.75) is 78.2 Å². The summed E-state index contributed by atoms with van der Waals surface area (Å²) < 4.78 is 5.87. The van der Waals surface area contributed by atoms with Crippen LogP contribution in [0.5, 0.6) is 0 Å². The zero-order valence-electron chi connectivity index (χ0n) is 17.3. The first-order valence-corrected chi connectivity index (χ1v) is 10.5. The third-order valence-electron chi connectivity index (χ3n) is 7.43. The van der Waals surface area contributed by atoms with E-state index in [1.807, 2.05) is 6.92 Å². The second kappa shape index (κ2) is 7.49. The van der Waals surface area contributed by atoms with Crippen LogP contribution in [0.1, 0.15) is 72.1 Å². The summed E-state index contributed by atoms with van der Waals surface area (Å²) in [4.78, 5) is 36.9. The van der Waals surface area contributed by atoms with Crippen molar-refractivity contribution in [3.05, 3.63) is 23.8 Å². The first-order valence-electron chi connectivity index (χ1n) is 10.5. The molecule has 3 aliphatic carbocycles. The number of unbranched alkanes of at least 4 members (excludes halogenated alkanes) is 4. The van der Waals surface area contributed by atoms with Gasteiger partial charge in [0.1, 0.15) is 11.5 Å². The maximum atomic E-state index is 12.6. The number of aliphatic carboxylic acids is 1.